The van der Waals surface area contributed by atoms with Gasteiger partial charge in [0.15, 0.2) is 0 Å². The molecule has 4 nitrogen and oxygen atoms in total. The number of nitrogens with zero attached hydrogens (tertiary/aromatic N) is 2. The summed E-state index contributed by atoms with van der Waals surface area (Å²) in [5, 5.41) is 14.9. The summed E-state index contributed by atoms with van der Waals surface area (Å²) in [7, 11) is 2.75. The molecule has 0 aliphatic carbocycles. The number of hydrogen-bond donors (Lipinski definition) is 2. The molecule has 0 saturated carbocycles. The second-order valence-electron chi connectivity index (χ2n) is 4.21. The average Bonchev–Trinajstić information content (AvgIpc) is 2.78. The molecule has 2 aromatic rings. The SMILES string of the molecule is Cc1n[nH]c(C)c1C(SP)c1c(C)n[nH]c1C. The van der Waals surface area contributed by atoms with Gasteiger partial charge in [0.2, 0.25) is 0 Å². The summed E-state index contributed by atoms with van der Waals surface area (Å²) < 4.78 is 0. The van der Waals surface area contributed by atoms with E-state index in [0.29, 0.717) is 0 Å². The van der Waals surface area contributed by atoms with Crippen molar-refractivity contribution in [1.29, 1.82) is 0 Å². The molecule has 2 rings (SSSR count). The summed E-state index contributed by atoms with van der Waals surface area (Å²) in [5.74, 6) is 0. The van der Waals surface area contributed by atoms with Crippen LogP contribution in [0.5, 0.6) is 0 Å². The molecule has 0 aliphatic rings. The molecule has 92 valence electrons. The third-order valence-electron chi connectivity index (χ3n) is 3.03. The second kappa shape index (κ2) is 4.83. The Morgan fingerprint density at radius 1 is 0.941 bits per heavy atom. The Balaban J connectivity index is 2.55. The van der Waals surface area contributed by atoms with Gasteiger partial charge < -0.3 is 0 Å². The molecule has 17 heavy (non-hydrogen) atoms. The van der Waals surface area contributed by atoms with Crippen LogP contribution in [0.15, 0.2) is 0 Å². The fourth-order valence-corrected chi connectivity index (χ4v) is 3.96. The quantitative estimate of drug-likeness (QED) is 0.841. The lowest BCUT2D eigenvalue weighted by Gasteiger charge is -2.15. The van der Waals surface area contributed by atoms with Crippen LogP contribution < -0.4 is 0 Å². The fraction of sp³-hybridized carbons (Fsp3) is 0.455. The van der Waals surface area contributed by atoms with Crippen molar-refractivity contribution in [3.63, 3.8) is 0 Å². The summed E-state index contributed by atoms with van der Waals surface area (Å²) in [6, 6.07) is 0. The number of aromatic amines is 2. The lowest BCUT2D eigenvalue weighted by atomic mass is 10.0. The van der Waals surface area contributed by atoms with E-state index in [9.17, 15) is 0 Å². The minimum Gasteiger partial charge on any atom is -0.282 e. The largest absolute Gasteiger partial charge is 0.282 e. The van der Waals surface area contributed by atoms with E-state index in [-0.39, 0.29) is 5.25 Å². The Hall–Kier alpha value is -0.800. The Morgan fingerprint density at radius 2 is 1.35 bits per heavy atom. The van der Waals surface area contributed by atoms with E-state index in [4.69, 9.17) is 0 Å². The number of aromatic nitrogens is 4. The van der Waals surface area contributed by atoms with Gasteiger partial charge >= 0.3 is 0 Å². The van der Waals surface area contributed by atoms with Gasteiger partial charge in [0.1, 0.15) is 0 Å². The van der Waals surface area contributed by atoms with Gasteiger partial charge in [-0.3, -0.25) is 10.2 Å². The summed E-state index contributed by atoms with van der Waals surface area (Å²) in [5.41, 5.74) is 6.89. The van der Waals surface area contributed by atoms with Crippen LogP contribution in [-0.4, -0.2) is 20.4 Å². The van der Waals surface area contributed by atoms with Gasteiger partial charge in [-0.25, -0.2) is 0 Å². The van der Waals surface area contributed by atoms with Gasteiger partial charge in [-0.1, -0.05) is 8.44 Å². The minimum atomic E-state index is 0.262. The molecular formula is C11H17N4PS. The molecule has 0 bridgehead atoms. The topological polar surface area (TPSA) is 57.4 Å². The van der Waals surface area contributed by atoms with Crippen LogP contribution in [0.3, 0.4) is 0 Å². The first kappa shape index (κ1) is 12.7. The molecule has 0 aliphatic heterocycles. The van der Waals surface area contributed by atoms with Gasteiger partial charge in [0.25, 0.3) is 0 Å². The Morgan fingerprint density at radius 3 is 1.59 bits per heavy atom. The van der Waals surface area contributed by atoms with E-state index in [1.807, 2.05) is 13.8 Å². The number of H-pyrrole nitrogens is 2. The first-order valence-electron chi connectivity index (χ1n) is 5.44. The maximum atomic E-state index is 4.28. The number of aryl methyl sites for hydroxylation is 4. The minimum absolute atomic E-state index is 0.262. The van der Waals surface area contributed by atoms with Crippen molar-refractivity contribution in [2.45, 2.75) is 32.9 Å². The Kier molecular flexibility index (Phi) is 3.59. The molecule has 6 heteroatoms. The molecule has 0 radical (unpaired) electrons. The molecule has 1 atom stereocenters. The van der Waals surface area contributed by atoms with Gasteiger partial charge in [-0.2, -0.15) is 10.2 Å². The van der Waals surface area contributed by atoms with Crippen molar-refractivity contribution in [2.75, 3.05) is 0 Å². The Labute approximate surface area is 107 Å². The molecular weight excluding hydrogens is 251 g/mol. The predicted molar refractivity (Wildman–Crippen MR) is 75.3 cm³/mol. The maximum absolute atomic E-state index is 4.28. The zero-order valence-electron chi connectivity index (χ0n) is 10.5. The first-order chi connectivity index (χ1) is 8.06. The van der Waals surface area contributed by atoms with Crippen molar-refractivity contribution >= 4 is 19.8 Å². The highest BCUT2D eigenvalue weighted by Gasteiger charge is 2.24. The average molecular weight is 268 g/mol. The number of rotatable bonds is 3. The second-order valence-corrected chi connectivity index (χ2v) is 5.77. The molecule has 2 N–H and O–H groups in total. The number of nitrogens with one attached hydrogen (secondary N) is 2. The summed E-state index contributed by atoms with van der Waals surface area (Å²) in [4.78, 5) is 0. The number of hydrogen-bond acceptors (Lipinski definition) is 3. The van der Waals surface area contributed by atoms with Crippen LogP contribution in [0.25, 0.3) is 0 Å². The standard InChI is InChI=1S/C11H17N4PS/c1-5-9(6(2)13-12-5)11(17-16)10-7(3)14-15-8(10)4/h11H,16H2,1-4H3,(H,12,13)(H,14,15). The van der Waals surface area contributed by atoms with Gasteiger partial charge in [0.05, 0.1) is 16.6 Å². The normalized spacial score (nSPS) is 11.4. The summed E-state index contributed by atoms with van der Waals surface area (Å²) in [6.45, 7) is 8.21. The molecule has 0 fully saturated rings. The van der Waals surface area contributed by atoms with Crippen LogP contribution >= 0.6 is 19.8 Å². The smallest absolute Gasteiger partial charge is 0.0655 e. The van der Waals surface area contributed by atoms with Crippen LogP contribution in [0, 0.1) is 27.7 Å². The molecule has 0 amide bonds. The van der Waals surface area contributed by atoms with Crippen molar-refractivity contribution in [3.8, 4) is 0 Å². The lowest BCUT2D eigenvalue weighted by molar-refractivity contribution is 1.02. The third-order valence-corrected chi connectivity index (χ3v) is 4.59. The molecule has 1 unspecified atom stereocenters. The molecule has 2 heterocycles. The van der Waals surface area contributed by atoms with Crippen LogP contribution in [0.1, 0.15) is 39.2 Å². The van der Waals surface area contributed by atoms with Crippen LogP contribution in [0.2, 0.25) is 0 Å². The third kappa shape index (κ3) is 2.14. The highest BCUT2D eigenvalue weighted by Crippen LogP contribution is 2.43. The Bertz CT molecular complexity index is 446. The monoisotopic (exact) mass is 268 g/mol. The van der Waals surface area contributed by atoms with E-state index in [2.05, 4.69) is 42.7 Å². The van der Waals surface area contributed by atoms with E-state index < -0.39 is 0 Å². The molecule has 0 spiro atoms. The van der Waals surface area contributed by atoms with E-state index in [1.54, 1.807) is 11.4 Å². The highest BCUT2D eigenvalue weighted by atomic mass is 32.7. The van der Waals surface area contributed by atoms with Crippen molar-refractivity contribution < 1.29 is 0 Å². The molecule has 0 aromatic carbocycles. The molecule has 2 aromatic heterocycles. The maximum Gasteiger partial charge on any atom is 0.0655 e. The van der Waals surface area contributed by atoms with Gasteiger partial charge in [-0.05, 0) is 27.7 Å². The van der Waals surface area contributed by atoms with Crippen molar-refractivity contribution in [2.24, 2.45) is 0 Å². The predicted octanol–water partition coefficient (Wildman–Crippen LogP) is 2.98. The lowest BCUT2D eigenvalue weighted by Crippen LogP contribution is -2.00. The van der Waals surface area contributed by atoms with Crippen molar-refractivity contribution in [1.82, 2.24) is 20.4 Å². The molecule has 0 saturated heterocycles. The summed E-state index contributed by atoms with van der Waals surface area (Å²) >= 11 is 1.74. The van der Waals surface area contributed by atoms with E-state index in [1.165, 1.54) is 11.1 Å². The van der Waals surface area contributed by atoms with Gasteiger partial charge in [-0.15, -0.1) is 11.4 Å². The fourth-order valence-electron chi connectivity index (χ4n) is 2.17. The van der Waals surface area contributed by atoms with Gasteiger partial charge in [0, 0.05) is 22.5 Å². The summed E-state index contributed by atoms with van der Waals surface area (Å²) in [6.07, 6.45) is 0. The van der Waals surface area contributed by atoms with Crippen LogP contribution in [0.4, 0.5) is 0 Å². The zero-order chi connectivity index (χ0) is 12.6. The van der Waals surface area contributed by atoms with Crippen LogP contribution in [-0.2, 0) is 0 Å². The zero-order valence-corrected chi connectivity index (χ0v) is 12.4. The van der Waals surface area contributed by atoms with Crippen molar-refractivity contribution in [3.05, 3.63) is 33.9 Å². The van der Waals surface area contributed by atoms with E-state index in [0.717, 1.165) is 22.8 Å². The first-order valence-corrected chi connectivity index (χ1v) is 7.80. The highest BCUT2D eigenvalue weighted by molar-refractivity contribution is 8.44. The van der Waals surface area contributed by atoms with E-state index >= 15 is 0 Å².